The SMILES string of the molecule is CCOC(=O)/C(C#N)=C1\C(=O)N2c3c1cc(C)cc3[C@H](C)CC2(C)C. The van der Waals surface area contributed by atoms with E-state index >= 15 is 0 Å². The molecule has 130 valence electrons. The monoisotopic (exact) mass is 338 g/mol. The second kappa shape index (κ2) is 5.73. The normalized spacial score (nSPS) is 22.3. The van der Waals surface area contributed by atoms with Gasteiger partial charge in [0.05, 0.1) is 17.9 Å². The summed E-state index contributed by atoms with van der Waals surface area (Å²) in [6.07, 6.45) is 0.823. The van der Waals surface area contributed by atoms with Gasteiger partial charge < -0.3 is 9.64 Å². The minimum Gasteiger partial charge on any atom is -0.462 e. The van der Waals surface area contributed by atoms with Crippen LogP contribution in [-0.4, -0.2) is 24.0 Å². The molecule has 0 aromatic heterocycles. The van der Waals surface area contributed by atoms with Crippen molar-refractivity contribution < 1.29 is 14.3 Å². The topological polar surface area (TPSA) is 70.4 Å². The van der Waals surface area contributed by atoms with E-state index in [1.165, 1.54) is 0 Å². The van der Waals surface area contributed by atoms with Gasteiger partial charge in [0.25, 0.3) is 5.91 Å². The summed E-state index contributed by atoms with van der Waals surface area (Å²) in [6, 6.07) is 5.88. The van der Waals surface area contributed by atoms with E-state index in [9.17, 15) is 14.9 Å². The van der Waals surface area contributed by atoms with Gasteiger partial charge in [0, 0.05) is 11.1 Å². The van der Waals surface area contributed by atoms with Crippen LogP contribution in [0.3, 0.4) is 0 Å². The number of hydrogen-bond donors (Lipinski definition) is 0. The van der Waals surface area contributed by atoms with E-state index in [1.54, 1.807) is 11.8 Å². The fourth-order valence-electron chi connectivity index (χ4n) is 4.13. The minimum absolute atomic E-state index is 0.156. The first-order valence-corrected chi connectivity index (χ1v) is 8.54. The summed E-state index contributed by atoms with van der Waals surface area (Å²) in [4.78, 5) is 27.2. The summed E-state index contributed by atoms with van der Waals surface area (Å²) in [6.45, 7) is 9.99. The molecule has 0 saturated carbocycles. The Morgan fingerprint density at radius 1 is 1.44 bits per heavy atom. The molecule has 0 N–H and O–H groups in total. The summed E-state index contributed by atoms with van der Waals surface area (Å²) < 4.78 is 5.00. The number of hydrogen-bond acceptors (Lipinski definition) is 4. The maximum absolute atomic E-state index is 13.2. The lowest BCUT2D eigenvalue weighted by molar-refractivity contribution is -0.138. The quantitative estimate of drug-likeness (QED) is 0.470. The molecule has 1 aromatic rings. The van der Waals surface area contributed by atoms with E-state index in [0.29, 0.717) is 11.5 Å². The predicted molar refractivity (Wildman–Crippen MR) is 94.9 cm³/mol. The van der Waals surface area contributed by atoms with Crippen molar-refractivity contribution in [1.29, 1.82) is 5.26 Å². The Morgan fingerprint density at radius 3 is 2.72 bits per heavy atom. The van der Waals surface area contributed by atoms with Crippen LogP contribution in [0.15, 0.2) is 17.7 Å². The minimum atomic E-state index is -0.741. The van der Waals surface area contributed by atoms with Gasteiger partial charge in [-0.3, -0.25) is 4.79 Å². The van der Waals surface area contributed by atoms with Crippen molar-refractivity contribution in [1.82, 2.24) is 0 Å². The highest BCUT2D eigenvalue weighted by Crippen LogP contribution is 2.52. The third-order valence-electron chi connectivity index (χ3n) is 4.98. The molecule has 2 heterocycles. The number of carbonyl (C=O) groups excluding carboxylic acids is 2. The molecule has 5 heteroatoms. The third kappa shape index (κ3) is 2.44. The van der Waals surface area contributed by atoms with E-state index in [-0.39, 0.29) is 29.2 Å². The Bertz CT molecular complexity index is 858. The van der Waals surface area contributed by atoms with Gasteiger partial charge in [-0.1, -0.05) is 18.6 Å². The number of nitrogens with zero attached hydrogens (tertiary/aromatic N) is 2. The van der Waals surface area contributed by atoms with Gasteiger partial charge >= 0.3 is 5.97 Å². The number of anilines is 1. The average Bonchev–Trinajstić information content (AvgIpc) is 2.80. The molecule has 3 rings (SSSR count). The second-order valence-corrected chi connectivity index (χ2v) is 7.39. The molecule has 1 aromatic carbocycles. The zero-order chi connectivity index (χ0) is 18.5. The number of aryl methyl sites for hydroxylation is 1. The van der Waals surface area contributed by atoms with Crippen LogP contribution in [0, 0.1) is 18.3 Å². The molecule has 0 saturated heterocycles. The van der Waals surface area contributed by atoms with E-state index in [2.05, 4.69) is 13.0 Å². The smallest absolute Gasteiger partial charge is 0.349 e. The number of nitriles is 1. The Kier molecular flexibility index (Phi) is 3.95. The molecule has 2 aliphatic heterocycles. The largest absolute Gasteiger partial charge is 0.462 e. The van der Waals surface area contributed by atoms with Crippen molar-refractivity contribution in [2.24, 2.45) is 0 Å². The van der Waals surface area contributed by atoms with Gasteiger partial charge in [0.1, 0.15) is 6.07 Å². The van der Waals surface area contributed by atoms with Crippen molar-refractivity contribution in [2.45, 2.75) is 52.5 Å². The van der Waals surface area contributed by atoms with Gasteiger partial charge in [0.15, 0.2) is 5.57 Å². The summed E-state index contributed by atoms with van der Waals surface area (Å²) in [5.41, 5.74) is 3.19. The lowest BCUT2D eigenvalue weighted by atomic mass is 9.80. The molecule has 0 radical (unpaired) electrons. The van der Waals surface area contributed by atoms with Gasteiger partial charge in [-0.25, -0.2) is 4.79 Å². The summed E-state index contributed by atoms with van der Waals surface area (Å²) in [7, 11) is 0. The van der Waals surface area contributed by atoms with Crippen LogP contribution in [0.25, 0.3) is 5.57 Å². The molecule has 0 spiro atoms. The van der Waals surface area contributed by atoms with E-state index in [1.807, 2.05) is 32.9 Å². The summed E-state index contributed by atoms with van der Waals surface area (Å²) in [5.74, 6) is -0.738. The molecule has 0 aliphatic carbocycles. The van der Waals surface area contributed by atoms with Crippen molar-refractivity contribution in [2.75, 3.05) is 11.5 Å². The number of amides is 1. The van der Waals surface area contributed by atoms with E-state index in [4.69, 9.17) is 4.74 Å². The zero-order valence-electron chi connectivity index (χ0n) is 15.3. The van der Waals surface area contributed by atoms with Gasteiger partial charge in [-0.2, -0.15) is 5.26 Å². The highest BCUT2D eigenvalue weighted by Gasteiger charge is 2.48. The molecule has 0 fully saturated rings. The number of esters is 1. The Morgan fingerprint density at radius 2 is 2.12 bits per heavy atom. The number of rotatable bonds is 2. The lowest BCUT2D eigenvalue weighted by Crippen LogP contribution is -2.49. The standard InChI is InChI=1S/C20H22N2O3/c1-6-25-19(24)15(10-21)16-14-8-11(2)7-13-12(3)9-20(4,5)22(17(13)14)18(16)23/h7-8,12H,6,9H2,1-5H3/b16-15-/t12-/m1/s1. The Hall–Kier alpha value is -2.61. The molecular weight excluding hydrogens is 316 g/mol. The first-order chi connectivity index (χ1) is 11.7. The molecular formula is C20H22N2O3. The van der Waals surface area contributed by atoms with Gasteiger partial charge in [0.2, 0.25) is 0 Å². The lowest BCUT2D eigenvalue weighted by Gasteiger charge is -2.43. The fraction of sp³-hybridized carbons (Fsp3) is 0.450. The van der Waals surface area contributed by atoms with Crippen molar-refractivity contribution in [3.05, 3.63) is 34.4 Å². The molecule has 1 atom stereocenters. The molecule has 2 aliphatic rings. The van der Waals surface area contributed by atoms with E-state index in [0.717, 1.165) is 23.2 Å². The number of benzene rings is 1. The number of ether oxygens (including phenoxy) is 1. The van der Waals surface area contributed by atoms with Crippen LogP contribution >= 0.6 is 0 Å². The van der Waals surface area contributed by atoms with E-state index < -0.39 is 5.97 Å². The van der Waals surface area contributed by atoms with Crippen molar-refractivity contribution in [3.63, 3.8) is 0 Å². The molecule has 0 bridgehead atoms. The first kappa shape index (κ1) is 17.2. The van der Waals surface area contributed by atoms with Crippen LogP contribution in [-0.2, 0) is 14.3 Å². The third-order valence-corrected chi connectivity index (χ3v) is 4.98. The van der Waals surface area contributed by atoms with Gasteiger partial charge in [-0.15, -0.1) is 0 Å². The van der Waals surface area contributed by atoms with Crippen LogP contribution in [0.2, 0.25) is 0 Å². The van der Waals surface area contributed by atoms with Crippen LogP contribution in [0.1, 0.15) is 56.7 Å². The van der Waals surface area contributed by atoms with Gasteiger partial charge in [-0.05, 0) is 51.7 Å². The average molecular weight is 338 g/mol. The molecule has 0 unspecified atom stereocenters. The highest BCUT2D eigenvalue weighted by atomic mass is 16.5. The number of carbonyl (C=O) groups is 2. The zero-order valence-corrected chi connectivity index (χ0v) is 15.3. The van der Waals surface area contributed by atoms with Crippen LogP contribution in [0.5, 0.6) is 0 Å². The fourth-order valence-corrected chi connectivity index (χ4v) is 4.13. The maximum atomic E-state index is 13.2. The maximum Gasteiger partial charge on any atom is 0.349 e. The first-order valence-electron chi connectivity index (χ1n) is 8.54. The highest BCUT2D eigenvalue weighted by molar-refractivity contribution is 6.37. The second-order valence-electron chi connectivity index (χ2n) is 7.39. The van der Waals surface area contributed by atoms with Crippen molar-refractivity contribution in [3.8, 4) is 6.07 Å². The predicted octanol–water partition coefficient (Wildman–Crippen LogP) is 3.47. The van der Waals surface area contributed by atoms with Crippen molar-refractivity contribution >= 4 is 23.1 Å². The van der Waals surface area contributed by atoms with Crippen LogP contribution in [0.4, 0.5) is 5.69 Å². The Balaban J connectivity index is 2.35. The molecule has 25 heavy (non-hydrogen) atoms. The molecule has 5 nitrogen and oxygen atoms in total. The summed E-state index contributed by atoms with van der Waals surface area (Å²) >= 11 is 0. The summed E-state index contributed by atoms with van der Waals surface area (Å²) in [5, 5.41) is 9.54. The molecule has 1 amide bonds. The van der Waals surface area contributed by atoms with Crippen LogP contribution < -0.4 is 4.90 Å². The Labute approximate surface area is 147 Å².